The van der Waals surface area contributed by atoms with Crippen molar-refractivity contribution >= 4 is 63.2 Å². The minimum Gasteiger partial charge on any atom is -0.378 e. The summed E-state index contributed by atoms with van der Waals surface area (Å²) in [6.45, 7) is 6.89. The number of carbonyl (C=O) groups is 1. The Morgan fingerprint density at radius 1 is 1.08 bits per heavy atom. The number of rotatable bonds is 5. The number of halogens is 2. The van der Waals surface area contributed by atoms with E-state index in [1.54, 1.807) is 23.1 Å². The lowest BCUT2D eigenvalue weighted by Crippen LogP contribution is -2.10. The zero-order valence-corrected chi connectivity index (χ0v) is 17.9. The second-order valence-electron chi connectivity index (χ2n) is 5.13. The van der Waals surface area contributed by atoms with Crippen LogP contribution in [-0.4, -0.2) is 25.3 Å². The molecule has 6 heteroatoms. The Labute approximate surface area is 173 Å². The van der Waals surface area contributed by atoms with Crippen LogP contribution in [0.2, 0.25) is 10.0 Å². The van der Waals surface area contributed by atoms with E-state index >= 15 is 0 Å². The van der Waals surface area contributed by atoms with E-state index < -0.39 is 0 Å². The first kappa shape index (κ1) is 23.0. The number of carbonyl (C=O) groups excluding carboxylic acids is 1. The van der Waals surface area contributed by atoms with Crippen LogP contribution in [0.25, 0.3) is 10.1 Å². The molecule has 0 spiro atoms. The molecule has 0 aliphatic carbocycles. The van der Waals surface area contributed by atoms with Crippen molar-refractivity contribution in [2.75, 3.05) is 12.4 Å². The fourth-order valence-electron chi connectivity index (χ4n) is 2.01. The first-order valence-electron chi connectivity index (χ1n) is 8.00. The molecule has 0 saturated heterocycles. The summed E-state index contributed by atoms with van der Waals surface area (Å²) in [5, 5.41) is 4.90. The van der Waals surface area contributed by atoms with Crippen LogP contribution in [0, 0.1) is 0 Å². The highest BCUT2D eigenvalue weighted by atomic mass is 35.5. The lowest BCUT2D eigenvalue weighted by atomic mass is 10.3. The van der Waals surface area contributed by atoms with Gasteiger partial charge < -0.3 is 9.53 Å². The van der Waals surface area contributed by atoms with Gasteiger partial charge in [-0.2, -0.15) is 0 Å². The van der Waals surface area contributed by atoms with Gasteiger partial charge in [0.25, 0.3) is 0 Å². The van der Waals surface area contributed by atoms with Crippen molar-refractivity contribution in [3.63, 3.8) is 0 Å². The molecule has 3 aromatic rings. The maximum Gasteiger partial charge on any atom is 0.106 e. The fourth-order valence-corrected chi connectivity index (χ4v) is 3.94. The Bertz CT molecular complexity index is 760. The van der Waals surface area contributed by atoms with Gasteiger partial charge in [-0.15, -0.1) is 23.1 Å². The third kappa shape index (κ3) is 8.56. The summed E-state index contributed by atoms with van der Waals surface area (Å²) in [6.07, 6.45) is 0.306. The summed E-state index contributed by atoms with van der Waals surface area (Å²) < 4.78 is 6.74. The summed E-state index contributed by atoms with van der Waals surface area (Å²) in [7, 11) is 0. The van der Waals surface area contributed by atoms with Crippen LogP contribution in [0.15, 0.2) is 58.8 Å². The number of hydrogen-bond acceptors (Lipinski definition) is 4. The highest BCUT2D eigenvalue weighted by molar-refractivity contribution is 7.99. The van der Waals surface area contributed by atoms with E-state index in [0.29, 0.717) is 6.10 Å². The molecule has 0 bridgehead atoms. The van der Waals surface area contributed by atoms with Crippen molar-refractivity contribution in [3.05, 3.63) is 64.0 Å². The maximum absolute atomic E-state index is 8.00. The van der Waals surface area contributed by atoms with E-state index in [4.69, 9.17) is 32.7 Å². The zero-order chi connectivity index (χ0) is 19.4. The van der Waals surface area contributed by atoms with Crippen LogP contribution in [-0.2, 0) is 9.53 Å². The molecule has 0 amide bonds. The van der Waals surface area contributed by atoms with Crippen molar-refractivity contribution in [3.8, 4) is 0 Å². The maximum atomic E-state index is 8.00. The normalized spacial score (nSPS) is 11.1. The summed E-state index contributed by atoms with van der Waals surface area (Å²) in [6, 6.07) is 15.9. The first-order chi connectivity index (χ1) is 12.6. The molecule has 2 nitrogen and oxygen atoms in total. The number of ether oxygens (including phenoxy) is 1. The van der Waals surface area contributed by atoms with Crippen molar-refractivity contribution in [1.82, 2.24) is 0 Å². The molecule has 3 rings (SSSR count). The Kier molecular flexibility index (Phi) is 11.7. The average Bonchev–Trinajstić information content (AvgIpc) is 3.11. The SMILES string of the molecule is C=O.CCOC(C)CSc1ccc(Cl)cc1.Clc1ccc2sccc2c1. The molecule has 0 fully saturated rings. The second kappa shape index (κ2) is 13.2. The predicted molar refractivity (Wildman–Crippen MR) is 117 cm³/mol. The van der Waals surface area contributed by atoms with Gasteiger partial charge in [0.15, 0.2) is 0 Å². The fraction of sp³-hybridized carbons (Fsp3) is 0.250. The van der Waals surface area contributed by atoms with Crippen LogP contribution < -0.4 is 0 Å². The Balaban J connectivity index is 0.000000246. The highest BCUT2D eigenvalue weighted by Crippen LogP contribution is 2.23. The molecule has 1 aromatic heterocycles. The quantitative estimate of drug-likeness (QED) is 0.400. The minimum absolute atomic E-state index is 0.306. The van der Waals surface area contributed by atoms with Gasteiger partial charge in [0.1, 0.15) is 6.79 Å². The lowest BCUT2D eigenvalue weighted by molar-refractivity contribution is -0.0979. The first-order valence-corrected chi connectivity index (χ1v) is 10.6. The van der Waals surface area contributed by atoms with Crippen molar-refractivity contribution < 1.29 is 9.53 Å². The van der Waals surface area contributed by atoms with Crippen LogP contribution in [0.3, 0.4) is 0 Å². The van der Waals surface area contributed by atoms with Gasteiger partial charge >= 0.3 is 0 Å². The monoisotopic (exact) mass is 428 g/mol. The summed E-state index contributed by atoms with van der Waals surface area (Å²) >= 11 is 15.1. The number of hydrogen-bond donors (Lipinski definition) is 0. The summed E-state index contributed by atoms with van der Waals surface area (Å²) in [5.41, 5.74) is 0. The molecule has 1 heterocycles. The third-order valence-electron chi connectivity index (χ3n) is 3.16. The molecule has 0 N–H and O–H groups in total. The van der Waals surface area contributed by atoms with Gasteiger partial charge in [0.2, 0.25) is 0 Å². The van der Waals surface area contributed by atoms with Crippen molar-refractivity contribution in [2.24, 2.45) is 0 Å². The number of thioether (sulfide) groups is 1. The van der Waals surface area contributed by atoms with E-state index in [9.17, 15) is 0 Å². The smallest absolute Gasteiger partial charge is 0.106 e. The predicted octanol–water partition coefficient (Wildman–Crippen LogP) is 7.23. The van der Waals surface area contributed by atoms with E-state index in [-0.39, 0.29) is 0 Å². The summed E-state index contributed by atoms with van der Waals surface area (Å²) in [5.74, 6) is 0.982. The molecule has 0 aliphatic heterocycles. The van der Waals surface area contributed by atoms with Gasteiger partial charge in [-0.25, -0.2) is 0 Å². The van der Waals surface area contributed by atoms with E-state index in [2.05, 4.69) is 18.4 Å². The standard InChI is InChI=1S/C11H15ClOS.C8H5ClS.CH2O/c1-3-13-9(2)8-14-11-6-4-10(12)5-7-11;9-7-1-2-8-6(5-7)3-4-10-8;1-2/h4-7,9H,3,8H2,1-2H3;1-5H;1H2. The molecule has 140 valence electrons. The van der Waals surface area contributed by atoms with Gasteiger partial charge in [0.05, 0.1) is 6.10 Å². The summed E-state index contributed by atoms with van der Waals surface area (Å²) in [4.78, 5) is 9.24. The lowest BCUT2D eigenvalue weighted by Gasteiger charge is -2.10. The number of benzene rings is 2. The zero-order valence-electron chi connectivity index (χ0n) is 14.8. The third-order valence-corrected chi connectivity index (χ3v) is 5.79. The number of thiophene rings is 1. The Hall–Kier alpha value is -1.04. The molecule has 0 saturated carbocycles. The molecular formula is C20H22Cl2O2S2. The van der Waals surface area contributed by atoms with Crippen LogP contribution >= 0.6 is 46.3 Å². The molecule has 2 aromatic carbocycles. The minimum atomic E-state index is 0.306. The van der Waals surface area contributed by atoms with Gasteiger partial charge in [0, 0.05) is 32.0 Å². The molecule has 1 atom stereocenters. The van der Waals surface area contributed by atoms with Crippen LogP contribution in [0.1, 0.15) is 13.8 Å². The van der Waals surface area contributed by atoms with Gasteiger partial charge in [-0.05, 0) is 73.1 Å². The second-order valence-corrected chi connectivity index (χ2v) is 8.05. The molecule has 26 heavy (non-hydrogen) atoms. The topological polar surface area (TPSA) is 26.3 Å². The van der Waals surface area contributed by atoms with Crippen molar-refractivity contribution in [1.29, 1.82) is 0 Å². The molecular weight excluding hydrogens is 407 g/mol. The highest BCUT2D eigenvalue weighted by Gasteiger charge is 2.01. The molecule has 0 aliphatic rings. The van der Waals surface area contributed by atoms with E-state index in [1.807, 2.05) is 56.2 Å². The van der Waals surface area contributed by atoms with Crippen molar-refractivity contribution in [2.45, 2.75) is 24.8 Å². The van der Waals surface area contributed by atoms with Crippen LogP contribution in [0.4, 0.5) is 0 Å². The average molecular weight is 429 g/mol. The van der Waals surface area contributed by atoms with Gasteiger partial charge in [-0.1, -0.05) is 23.2 Å². The van der Waals surface area contributed by atoms with E-state index in [0.717, 1.165) is 22.4 Å². The van der Waals surface area contributed by atoms with E-state index in [1.165, 1.54) is 15.0 Å². The van der Waals surface area contributed by atoms with Crippen LogP contribution in [0.5, 0.6) is 0 Å². The van der Waals surface area contributed by atoms with Gasteiger partial charge in [-0.3, -0.25) is 0 Å². The Morgan fingerprint density at radius 2 is 1.73 bits per heavy atom. The number of fused-ring (bicyclic) bond motifs is 1. The molecule has 0 radical (unpaired) electrons. The Morgan fingerprint density at radius 3 is 2.38 bits per heavy atom. The largest absolute Gasteiger partial charge is 0.378 e. The molecule has 1 unspecified atom stereocenters.